The molecule has 1 rings (SSSR count). The standard InChI is InChI=1S/C10H16N2O5/c1-9(2,3)17-8(16)12-4-10(5-12,6(11)13)7(14)15/h4-5H2,1-3H3,(H2,11,13)(H,14,15). The molecule has 1 saturated heterocycles. The first-order valence-corrected chi connectivity index (χ1v) is 5.10. The van der Waals surface area contributed by atoms with Crippen molar-refractivity contribution in [3.63, 3.8) is 0 Å². The number of carboxylic acids is 1. The van der Waals surface area contributed by atoms with Crippen LogP contribution < -0.4 is 5.73 Å². The molecule has 0 aromatic rings. The third-order valence-corrected chi connectivity index (χ3v) is 2.45. The minimum Gasteiger partial charge on any atom is -0.480 e. The zero-order valence-electron chi connectivity index (χ0n) is 10.0. The number of hydrogen-bond donors (Lipinski definition) is 2. The van der Waals surface area contributed by atoms with Crippen LogP contribution in [0.2, 0.25) is 0 Å². The Hall–Kier alpha value is -1.79. The Morgan fingerprint density at radius 3 is 2.06 bits per heavy atom. The van der Waals surface area contributed by atoms with Gasteiger partial charge in [0, 0.05) is 0 Å². The summed E-state index contributed by atoms with van der Waals surface area (Å²) in [6, 6.07) is 0. The van der Waals surface area contributed by atoms with E-state index < -0.39 is 29.0 Å². The zero-order chi connectivity index (χ0) is 13.4. The maximum Gasteiger partial charge on any atom is 0.410 e. The first kappa shape index (κ1) is 13.3. The lowest BCUT2D eigenvalue weighted by Crippen LogP contribution is -2.67. The minimum absolute atomic E-state index is 0.243. The number of likely N-dealkylation sites (tertiary alicyclic amines) is 1. The molecular formula is C10H16N2O5. The van der Waals surface area contributed by atoms with E-state index in [-0.39, 0.29) is 13.1 Å². The Labute approximate surface area is 98.5 Å². The maximum absolute atomic E-state index is 11.5. The summed E-state index contributed by atoms with van der Waals surface area (Å²) >= 11 is 0. The smallest absolute Gasteiger partial charge is 0.410 e. The number of hydrogen-bond acceptors (Lipinski definition) is 4. The summed E-state index contributed by atoms with van der Waals surface area (Å²) in [5.41, 5.74) is 2.69. The summed E-state index contributed by atoms with van der Waals surface area (Å²) in [5.74, 6) is -2.25. The summed E-state index contributed by atoms with van der Waals surface area (Å²) in [7, 11) is 0. The lowest BCUT2D eigenvalue weighted by molar-refractivity contribution is -0.165. The molecule has 17 heavy (non-hydrogen) atoms. The highest BCUT2D eigenvalue weighted by atomic mass is 16.6. The Morgan fingerprint density at radius 2 is 1.76 bits per heavy atom. The Bertz CT molecular complexity index is 349. The van der Waals surface area contributed by atoms with Gasteiger partial charge in [0.2, 0.25) is 5.91 Å². The number of carbonyl (C=O) groups excluding carboxylic acids is 2. The molecule has 0 bridgehead atoms. The Kier molecular flexibility index (Phi) is 3.05. The first-order chi connectivity index (χ1) is 7.58. The van der Waals surface area contributed by atoms with Gasteiger partial charge in [-0.2, -0.15) is 0 Å². The quantitative estimate of drug-likeness (QED) is 0.653. The van der Waals surface area contributed by atoms with Crippen LogP contribution in [0.5, 0.6) is 0 Å². The zero-order valence-corrected chi connectivity index (χ0v) is 10.0. The van der Waals surface area contributed by atoms with Crippen molar-refractivity contribution in [1.29, 1.82) is 0 Å². The lowest BCUT2D eigenvalue weighted by Gasteiger charge is -2.44. The summed E-state index contributed by atoms with van der Waals surface area (Å²) < 4.78 is 5.04. The van der Waals surface area contributed by atoms with E-state index in [1.165, 1.54) is 0 Å². The molecule has 0 atom stereocenters. The maximum atomic E-state index is 11.5. The van der Waals surface area contributed by atoms with Gasteiger partial charge in [0.25, 0.3) is 0 Å². The van der Waals surface area contributed by atoms with Crippen LogP contribution in [0.3, 0.4) is 0 Å². The highest BCUT2D eigenvalue weighted by molar-refractivity contribution is 6.03. The van der Waals surface area contributed by atoms with Gasteiger partial charge in [-0.25, -0.2) is 4.79 Å². The molecule has 0 spiro atoms. The SMILES string of the molecule is CC(C)(C)OC(=O)N1CC(C(N)=O)(C(=O)O)C1. The molecule has 2 amide bonds. The van der Waals surface area contributed by atoms with E-state index in [9.17, 15) is 14.4 Å². The van der Waals surface area contributed by atoms with Gasteiger partial charge in [-0.15, -0.1) is 0 Å². The van der Waals surface area contributed by atoms with Crippen LogP contribution >= 0.6 is 0 Å². The molecule has 0 saturated carbocycles. The predicted octanol–water partition coefficient (Wildman–Crippen LogP) is -0.207. The molecule has 1 aliphatic rings. The van der Waals surface area contributed by atoms with E-state index in [2.05, 4.69) is 0 Å². The van der Waals surface area contributed by atoms with Crippen LogP contribution in [0, 0.1) is 5.41 Å². The number of carbonyl (C=O) groups is 3. The molecule has 0 aromatic carbocycles. The van der Waals surface area contributed by atoms with Crippen molar-refractivity contribution in [2.75, 3.05) is 13.1 Å². The van der Waals surface area contributed by atoms with Gasteiger partial charge in [-0.3, -0.25) is 9.59 Å². The fourth-order valence-corrected chi connectivity index (χ4v) is 1.46. The molecule has 1 fully saturated rings. The molecule has 0 aliphatic carbocycles. The van der Waals surface area contributed by atoms with Crippen molar-refractivity contribution in [1.82, 2.24) is 4.90 Å². The highest BCUT2D eigenvalue weighted by Crippen LogP contribution is 2.31. The summed E-state index contributed by atoms with van der Waals surface area (Å²) in [6.07, 6.45) is -0.643. The third-order valence-electron chi connectivity index (χ3n) is 2.45. The Morgan fingerprint density at radius 1 is 1.29 bits per heavy atom. The number of nitrogens with two attached hydrogens (primary N) is 1. The second kappa shape index (κ2) is 3.90. The van der Waals surface area contributed by atoms with Gasteiger partial charge in [0.1, 0.15) is 5.60 Å². The van der Waals surface area contributed by atoms with Crippen LogP contribution in [0.25, 0.3) is 0 Å². The van der Waals surface area contributed by atoms with Gasteiger partial charge < -0.3 is 20.5 Å². The number of primary amides is 1. The van der Waals surface area contributed by atoms with E-state index in [0.29, 0.717) is 0 Å². The number of nitrogens with zero attached hydrogens (tertiary/aromatic N) is 1. The van der Waals surface area contributed by atoms with Crippen molar-refractivity contribution >= 4 is 18.0 Å². The average Bonchev–Trinajstić information content (AvgIpc) is 1.95. The van der Waals surface area contributed by atoms with Crippen LogP contribution in [-0.4, -0.2) is 46.7 Å². The van der Waals surface area contributed by atoms with E-state index >= 15 is 0 Å². The van der Waals surface area contributed by atoms with Crippen molar-refractivity contribution in [3.8, 4) is 0 Å². The van der Waals surface area contributed by atoms with Crippen LogP contribution in [0.4, 0.5) is 4.79 Å². The minimum atomic E-state index is -1.67. The van der Waals surface area contributed by atoms with Crippen LogP contribution in [-0.2, 0) is 14.3 Å². The molecule has 3 N–H and O–H groups in total. The largest absolute Gasteiger partial charge is 0.480 e. The first-order valence-electron chi connectivity index (χ1n) is 5.10. The monoisotopic (exact) mass is 244 g/mol. The molecule has 0 aromatic heterocycles. The summed E-state index contributed by atoms with van der Waals surface area (Å²) in [5, 5.41) is 8.91. The van der Waals surface area contributed by atoms with Crippen molar-refractivity contribution in [2.45, 2.75) is 26.4 Å². The normalized spacial score (nSPS) is 18.2. The molecule has 0 unspecified atom stereocenters. The number of ether oxygens (including phenoxy) is 1. The predicted molar refractivity (Wildman–Crippen MR) is 57.1 cm³/mol. The van der Waals surface area contributed by atoms with Gasteiger partial charge in [0.15, 0.2) is 5.41 Å². The van der Waals surface area contributed by atoms with Crippen LogP contribution in [0.1, 0.15) is 20.8 Å². The number of amides is 2. The number of rotatable bonds is 2. The molecule has 1 heterocycles. The number of aliphatic carboxylic acids is 1. The van der Waals surface area contributed by atoms with Crippen molar-refractivity contribution < 1.29 is 24.2 Å². The van der Waals surface area contributed by atoms with Gasteiger partial charge in [0.05, 0.1) is 13.1 Å². The summed E-state index contributed by atoms with van der Waals surface area (Å²) in [4.78, 5) is 34.7. The van der Waals surface area contributed by atoms with Crippen molar-refractivity contribution in [2.24, 2.45) is 11.1 Å². The average molecular weight is 244 g/mol. The molecular weight excluding hydrogens is 228 g/mol. The van der Waals surface area contributed by atoms with Crippen LogP contribution in [0.15, 0.2) is 0 Å². The van der Waals surface area contributed by atoms with E-state index in [0.717, 1.165) is 4.90 Å². The fraction of sp³-hybridized carbons (Fsp3) is 0.700. The molecule has 7 nitrogen and oxygen atoms in total. The second-order valence-electron chi connectivity index (χ2n) is 5.09. The molecule has 1 aliphatic heterocycles. The third kappa shape index (κ3) is 2.48. The van der Waals surface area contributed by atoms with E-state index in [4.69, 9.17) is 15.6 Å². The van der Waals surface area contributed by atoms with Gasteiger partial charge in [-0.05, 0) is 20.8 Å². The topological polar surface area (TPSA) is 110 Å². The van der Waals surface area contributed by atoms with Gasteiger partial charge >= 0.3 is 12.1 Å². The Balaban J connectivity index is 2.64. The van der Waals surface area contributed by atoms with E-state index in [1.54, 1.807) is 20.8 Å². The number of carboxylic acid groups (broad SMARTS) is 1. The summed E-state index contributed by atoms with van der Waals surface area (Å²) in [6.45, 7) is 4.61. The fourth-order valence-electron chi connectivity index (χ4n) is 1.46. The van der Waals surface area contributed by atoms with Crippen molar-refractivity contribution in [3.05, 3.63) is 0 Å². The molecule has 7 heteroatoms. The molecule has 96 valence electrons. The van der Waals surface area contributed by atoms with Gasteiger partial charge in [-0.1, -0.05) is 0 Å². The second-order valence-corrected chi connectivity index (χ2v) is 5.09. The molecule has 0 radical (unpaired) electrons. The van der Waals surface area contributed by atoms with E-state index in [1.807, 2.05) is 0 Å². The highest BCUT2D eigenvalue weighted by Gasteiger charge is 2.57. The lowest BCUT2D eigenvalue weighted by atomic mass is 9.79.